The molecule has 0 heterocycles. The fourth-order valence-electron chi connectivity index (χ4n) is 2.58. The van der Waals surface area contributed by atoms with Gasteiger partial charge < -0.3 is 10.2 Å². The second kappa shape index (κ2) is 10.7. The van der Waals surface area contributed by atoms with E-state index in [0.29, 0.717) is 11.1 Å². The summed E-state index contributed by atoms with van der Waals surface area (Å²) >= 11 is 0. The number of Topliss-reactive ketones (excluding diaryl/α,β-unsaturated/α-hetero) is 2. The van der Waals surface area contributed by atoms with Crippen molar-refractivity contribution in [1.29, 1.82) is 0 Å². The number of benzene rings is 1. The van der Waals surface area contributed by atoms with Gasteiger partial charge >= 0.3 is 0 Å². The van der Waals surface area contributed by atoms with Crippen LogP contribution in [0, 0.1) is 0 Å². The van der Waals surface area contributed by atoms with E-state index in [1.54, 1.807) is 26.0 Å². The maximum atomic E-state index is 12.2. The van der Waals surface area contributed by atoms with Crippen LogP contribution in [0.4, 0.5) is 0 Å². The Morgan fingerprint density at radius 1 is 0.679 bits per heavy atom. The Labute approximate surface area is 167 Å². The topological polar surface area (TPSA) is 74.6 Å². The Kier molecular flexibility index (Phi) is 8.97. The largest absolute Gasteiger partial charge is 0.381 e. The molecule has 0 spiro atoms. The van der Waals surface area contributed by atoms with Crippen molar-refractivity contribution in [3.8, 4) is 0 Å². The molecule has 2 atom stereocenters. The van der Waals surface area contributed by atoms with Crippen molar-refractivity contribution in [2.24, 2.45) is 0 Å². The number of rotatable bonds is 8. The molecule has 150 valence electrons. The van der Waals surface area contributed by atoms with E-state index < -0.39 is 12.2 Å². The number of aliphatic hydroxyl groups is 2. The van der Waals surface area contributed by atoms with Crippen LogP contribution in [0.15, 0.2) is 58.7 Å². The third-order valence-corrected chi connectivity index (χ3v) is 4.00. The van der Waals surface area contributed by atoms with Crippen molar-refractivity contribution in [3.63, 3.8) is 0 Å². The molecule has 0 aromatic heterocycles. The van der Waals surface area contributed by atoms with Crippen molar-refractivity contribution < 1.29 is 19.8 Å². The molecule has 2 unspecified atom stereocenters. The zero-order valence-corrected chi connectivity index (χ0v) is 17.5. The van der Waals surface area contributed by atoms with E-state index in [0.717, 1.165) is 22.3 Å². The lowest BCUT2D eigenvalue weighted by molar-refractivity contribution is -0.121. The molecule has 0 aliphatic heterocycles. The standard InChI is InChI=1S/C24H30O4/c1-15(2)11-21(25)23(27)17(5)13-19-7-9-20(10-8-19)14-18(6)24(28)22(26)12-16(3)4/h7-14,21-22,25-26H,1-6H3/b17-13+,18-14+. The summed E-state index contributed by atoms with van der Waals surface area (Å²) in [5.74, 6) is -0.667. The van der Waals surface area contributed by atoms with Gasteiger partial charge in [-0.25, -0.2) is 0 Å². The van der Waals surface area contributed by atoms with Crippen LogP contribution in [0.1, 0.15) is 52.7 Å². The maximum Gasteiger partial charge on any atom is 0.190 e. The van der Waals surface area contributed by atoms with Gasteiger partial charge in [-0.15, -0.1) is 0 Å². The number of carbonyl (C=O) groups excluding carboxylic acids is 2. The van der Waals surface area contributed by atoms with Crippen LogP contribution < -0.4 is 0 Å². The number of hydrogen-bond donors (Lipinski definition) is 2. The van der Waals surface area contributed by atoms with E-state index in [2.05, 4.69) is 0 Å². The van der Waals surface area contributed by atoms with Crippen molar-refractivity contribution >= 4 is 23.7 Å². The fraction of sp³-hybridized carbons (Fsp3) is 0.333. The second-order valence-corrected chi connectivity index (χ2v) is 7.43. The molecule has 0 saturated heterocycles. The summed E-state index contributed by atoms with van der Waals surface area (Å²) in [6.07, 6.45) is 4.21. The first-order valence-electron chi connectivity index (χ1n) is 9.22. The lowest BCUT2D eigenvalue weighted by atomic mass is 10.0. The molecular formula is C24H30O4. The van der Waals surface area contributed by atoms with Crippen LogP contribution >= 0.6 is 0 Å². The quantitative estimate of drug-likeness (QED) is 0.520. The smallest absolute Gasteiger partial charge is 0.190 e. The zero-order valence-electron chi connectivity index (χ0n) is 17.5. The molecular weight excluding hydrogens is 352 g/mol. The van der Waals surface area contributed by atoms with Crippen LogP contribution in [0.3, 0.4) is 0 Å². The van der Waals surface area contributed by atoms with Gasteiger partial charge in [-0.05, 0) is 88.1 Å². The molecule has 0 saturated carbocycles. The zero-order chi connectivity index (χ0) is 21.4. The molecule has 0 fully saturated rings. The first-order chi connectivity index (χ1) is 13.0. The lowest BCUT2D eigenvalue weighted by Crippen LogP contribution is -2.18. The fourth-order valence-corrected chi connectivity index (χ4v) is 2.58. The number of hydrogen-bond acceptors (Lipinski definition) is 4. The Bertz CT molecular complexity index is 757. The third kappa shape index (κ3) is 7.59. The predicted molar refractivity (Wildman–Crippen MR) is 115 cm³/mol. The number of carbonyl (C=O) groups is 2. The summed E-state index contributed by atoms with van der Waals surface area (Å²) < 4.78 is 0. The van der Waals surface area contributed by atoms with Gasteiger partial charge in [0, 0.05) is 0 Å². The van der Waals surface area contributed by atoms with Crippen LogP contribution in [0.25, 0.3) is 12.2 Å². The first-order valence-corrected chi connectivity index (χ1v) is 9.22. The molecule has 1 aromatic carbocycles. The molecule has 1 rings (SSSR count). The van der Waals surface area contributed by atoms with E-state index in [1.165, 1.54) is 12.2 Å². The summed E-state index contributed by atoms with van der Waals surface area (Å²) in [5, 5.41) is 19.8. The minimum atomic E-state index is -1.13. The monoisotopic (exact) mass is 382 g/mol. The van der Waals surface area contributed by atoms with Gasteiger partial charge in [0.2, 0.25) is 0 Å². The highest BCUT2D eigenvalue weighted by Crippen LogP contribution is 2.15. The molecule has 0 aliphatic rings. The summed E-state index contributed by atoms with van der Waals surface area (Å²) in [4.78, 5) is 24.3. The Morgan fingerprint density at radius 3 is 1.21 bits per heavy atom. The third-order valence-electron chi connectivity index (χ3n) is 4.00. The Balaban J connectivity index is 2.94. The van der Waals surface area contributed by atoms with E-state index in [4.69, 9.17) is 0 Å². The molecule has 0 radical (unpaired) electrons. The molecule has 28 heavy (non-hydrogen) atoms. The van der Waals surface area contributed by atoms with Crippen molar-refractivity contribution in [2.75, 3.05) is 0 Å². The van der Waals surface area contributed by atoms with E-state index >= 15 is 0 Å². The molecule has 0 amide bonds. The number of allylic oxidation sites excluding steroid dienone is 2. The van der Waals surface area contributed by atoms with Gasteiger partial charge in [-0.2, -0.15) is 0 Å². The van der Waals surface area contributed by atoms with Crippen molar-refractivity contribution in [2.45, 2.75) is 53.8 Å². The highest BCUT2D eigenvalue weighted by atomic mass is 16.3. The molecule has 1 aromatic rings. The van der Waals surface area contributed by atoms with Crippen LogP contribution in [0.5, 0.6) is 0 Å². The highest BCUT2D eigenvalue weighted by Gasteiger charge is 2.15. The van der Waals surface area contributed by atoms with Gasteiger partial charge in [0.15, 0.2) is 11.6 Å². The van der Waals surface area contributed by atoms with E-state index in [1.807, 2.05) is 52.0 Å². The van der Waals surface area contributed by atoms with Crippen molar-refractivity contribution in [3.05, 3.63) is 69.8 Å². The summed E-state index contributed by atoms with van der Waals surface area (Å²) in [5.41, 5.74) is 4.32. The highest BCUT2D eigenvalue weighted by molar-refractivity contribution is 6.03. The average Bonchev–Trinajstić information content (AvgIpc) is 2.60. The van der Waals surface area contributed by atoms with Gasteiger partial charge in [-0.1, -0.05) is 35.4 Å². The maximum absolute atomic E-state index is 12.2. The van der Waals surface area contributed by atoms with E-state index in [9.17, 15) is 19.8 Å². The SMILES string of the molecule is CC(C)=CC(O)C(=O)/C(C)=C/c1ccc(/C=C(\C)C(=O)C(O)C=C(C)C)cc1. The van der Waals surface area contributed by atoms with Gasteiger partial charge in [-0.3, -0.25) is 9.59 Å². The number of aliphatic hydroxyl groups excluding tert-OH is 2. The lowest BCUT2D eigenvalue weighted by Gasteiger charge is -2.07. The van der Waals surface area contributed by atoms with Crippen LogP contribution in [-0.4, -0.2) is 34.0 Å². The van der Waals surface area contributed by atoms with E-state index in [-0.39, 0.29) is 11.6 Å². The van der Waals surface area contributed by atoms with Crippen LogP contribution in [0.2, 0.25) is 0 Å². The first kappa shape index (κ1) is 23.5. The molecule has 4 nitrogen and oxygen atoms in total. The molecule has 4 heteroatoms. The Morgan fingerprint density at radius 2 is 0.964 bits per heavy atom. The summed E-state index contributed by atoms with van der Waals surface area (Å²) in [6, 6.07) is 7.33. The minimum Gasteiger partial charge on any atom is -0.381 e. The van der Waals surface area contributed by atoms with Gasteiger partial charge in [0.1, 0.15) is 12.2 Å². The summed E-state index contributed by atoms with van der Waals surface area (Å²) in [6.45, 7) is 10.7. The summed E-state index contributed by atoms with van der Waals surface area (Å²) in [7, 11) is 0. The minimum absolute atomic E-state index is 0.333. The second-order valence-electron chi connectivity index (χ2n) is 7.43. The molecule has 0 aliphatic carbocycles. The average molecular weight is 383 g/mol. The normalized spacial score (nSPS) is 14.1. The predicted octanol–water partition coefficient (Wildman–Crippen LogP) is 4.29. The van der Waals surface area contributed by atoms with Crippen molar-refractivity contribution in [1.82, 2.24) is 0 Å². The Hall–Kier alpha value is -2.56. The number of ketones is 2. The molecule has 2 N–H and O–H groups in total. The van der Waals surface area contributed by atoms with Crippen LogP contribution in [-0.2, 0) is 9.59 Å². The molecule has 0 bridgehead atoms. The van der Waals surface area contributed by atoms with Gasteiger partial charge in [0.05, 0.1) is 0 Å². The van der Waals surface area contributed by atoms with Gasteiger partial charge in [0.25, 0.3) is 0 Å².